The number of nitrogen functional groups attached to an aromatic ring is 1. The van der Waals surface area contributed by atoms with Gasteiger partial charge in [0.15, 0.2) is 17.0 Å². The lowest BCUT2D eigenvalue weighted by Gasteiger charge is -2.20. The second kappa shape index (κ2) is 16.2. The van der Waals surface area contributed by atoms with Gasteiger partial charge in [-0.25, -0.2) is 19.6 Å². The van der Waals surface area contributed by atoms with Gasteiger partial charge in [-0.15, -0.1) is 0 Å². The predicted molar refractivity (Wildman–Crippen MR) is 186 cm³/mol. The Morgan fingerprint density at radius 1 is 1.08 bits per heavy atom. The molecule has 1 fully saturated rings. The molecule has 0 aliphatic carbocycles. The fraction of sp³-hybridized carbons (Fsp3) is 0.258. The van der Waals surface area contributed by atoms with E-state index in [4.69, 9.17) is 10.5 Å². The first-order valence-corrected chi connectivity index (χ1v) is 16.4. The molecule has 7 N–H and O–H groups in total. The van der Waals surface area contributed by atoms with E-state index in [1.807, 2.05) is 4.90 Å². The Kier molecular flexibility index (Phi) is 11.6. The highest BCUT2D eigenvalue weighted by atomic mass is 32.2. The number of amides is 4. The Bertz CT molecular complexity index is 1950. The third kappa shape index (κ3) is 9.44. The molecule has 1 atom stereocenters. The van der Waals surface area contributed by atoms with Crippen LogP contribution in [0.3, 0.4) is 0 Å². The normalized spacial score (nSPS) is 13.1. The van der Waals surface area contributed by atoms with Crippen LogP contribution in [0.4, 0.5) is 27.0 Å². The summed E-state index contributed by atoms with van der Waals surface area (Å²) in [4.78, 5) is 81.2. The quantitative estimate of drug-likeness (QED) is 0.104. The molecule has 20 heteroatoms. The molecule has 51 heavy (non-hydrogen) atoms. The van der Waals surface area contributed by atoms with Crippen molar-refractivity contribution >= 4 is 82.1 Å². The molecule has 264 valence electrons. The molecule has 2 aromatic heterocycles. The van der Waals surface area contributed by atoms with Crippen LogP contribution < -0.4 is 26.7 Å². The van der Waals surface area contributed by atoms with Crippen molar-refractivity contribution in [3.05, 3.63) is 71.5 Å². The van der Waals surface area contributed by atoms with Crippen molar-refractivity contribution in [2.75, 3.05) is 35.3 Å². The molecular formula is C31H32BN9O9S. The number of fused-ring (bicyclic) bond motifs is 1. The molecule has 4 aromatic rings. The molecule has 0 bridgehead atoms. The number of nitrogens with zero attached hydrogens (tertiary/aromatic N) is 6. The highest BCUT2D eigenvalue weighted by Crippen LogP contribution is 2.22. The number of aliphatic carboxylic acids is 1. The van der Waals surface area contributed by atoms with Crippen LogP contribution in [0.5, 0.6) is 0 Å². The van der Waals surface area contributed by atoms with Crippen molar-refractivity contribution in [1.82, 2.24) is 30.2 Å². The zero-order chi connectivity index (χ0) is 36.7. The van der Waals surface area contributed by atoms with E-state index < -0.39 is 37.0 Å². The molecule has 3 heterocycles. The van der Waals surface area contributed by atoms with E-state index in [-0.39, 0.29) is 71.7 Å². The Labute approximate surface area is 294 Å². The highest BCUT2D eigenvalue weighted by molar-refractivity contribution is 8.13. The molecule has 5 rings (SSSR count). The third-order valence-corrected chi connectivity index (χ3v) is 8.48. The predicted octanol–water partition coefficient (Wildman–Crippen LogP) is 0.726. The van der Waals surface area contributed by atoms with E-state index in [0.717, 1.165) is 16.7 Å². The minimum Gasteiger partial charge on any atom is -0.480 e. The Balaban J connectivity index is 1.19. The minimum atomic E-state index is -1.62. The number of hydrogen-bond acceptors (Lipinski definition) is 15. The smallest absolute Gasteiger partial charge is 0.480 e. The van der Waals surface area contributed by atoms with Gasteiger partial charge in [-0.2, -0.15) is 9.97 Å². The molecule has 0 spiro atoms. The van der Waals surface area contributed by atoms with E-state index in [1.54, 1.807) is 31.3 Å². The first kappa shape index (κ1) is 36.4. The summed E-state index contributed by atoms with van der Waals surface area (Å²) in [5.74, 6) is -2.12. The second-order valence-corrected chi connectivity index (χ2v) is 12.3. The number of imide groups is 1. The van der Waals surface area contributed by atoms with Gasteiger partial charge in [0.25, 0.3) is 11.1 Å². The molecule has 18 nitrogen and oxygen atoms in total. The van der Waals surface area contributed by atoms with Gasteiger partial charge in [-0.3, -0.25) is 24.6 Å². The molecule has 0 saturated carbocycles. The van der Waals surface area contributed by atoms with Crippen molar-refractivity contribution in [1.29, 1.82) is 0 Å². The topological polar surface area (TPSA) is 263 Å². The van der Waals surface area contributed by atoms with Crippen molar-refractivity contribution in [2.45, 2.75) is 32.0 Å². The molecular weight excluding hydrogens is 685 g/mol. The Hall–Kier alpha value is -5.86. The number of nitrogens with one attached hydrogen (secondary N) is 2. The van der Waals surface area contributed by atoms with Crippen molar-refractivity contribution in [3.63, 3.8) is 0 Å². The first-order chi connectivity index (χ1) is 24.4. The lowest BCUT2D eigenvalue weighted by molar-refractivity contribution is -0.139. The monoisotopic (exact) mass is 717 g/mol. The summed E-state index contributed by atoms with van der Waals surface area (Å²) in [6.07, 6.45) is 0.249. The van der Waals surface area contributed by atoms with E-state index >= 15 is 0 Å². The molecule has 1 aliphatic rings. The van der Waals surface area contributed by atoms with E-state index in [9.17, 15) is 39.1 Å². The number of carboxylic acid groups (broad SMARTS) is 1. The molecule has 0 radical (unpaired) electrons. The summed E-state index contributed by atoms with van der Waals surface area (Å²) in [5, 5.41) is 32.6. The van der Waals surface area contributed by atoms with Gasteiger partial charge in [-0.05, 0) is 41.7 Å². The van der Waals surface area contributed by atoms with Gasteiger partial charge in [0.1, 0.15) is 12.6 Å². The fourth-order valence-corrected chi connectivity index (χ4v) is 5.71. The lowest BCUT2D eigenvalue weighted by Crippen LogP contribution is -2.42. The van der Waals surface area contributed by atoms with Crippen LogP contribution in [0.2, 0.25) is 0 Å². The average Bonchev–Trinajstić information content (AvgIpc) is 3.55. The summed E-state index contributed by atoms with van der Waals surface area (Å²) in [5.41, 5.74) is 8.33. The maximum atomic E-state index is 12.9. The van der Waals surface area contributed by atoms with Crippen LogP contribution in [-0.2, 0) is 27.5 Å². The van der Waals surface area contributed by atoms with Gasteiger partial charge in [0.2, 0.25) is 11.9 Å². The number of nitrogens with two attached hydrogens (primary N) is 1. The van der Waals surface area contributed by atoms with Gasteiger partial charge in [0.05, 0.1) is 18.4 Å². The number of carbonyl (C=O) groups excluding carboxylic acids is 4. The number of carboxylic acids is 1. The summed E-state index contributed by atoms with van der Waals surface area (Å²) < 4.78 is 5.26. The number of benzene rings is 2. The summed E-state index contributed by atoms with van der Waals surface area (Å²) in [6, 6.07) is 11.2. The molecule has 2 aromatic carbocycles. The Morgan fingerprint density at radius 2 is 1.80 bits per heavy atom. The molecule has 1 unspecified atom stereocenters. The zero-order valence-corrected chi connectivity index (χ0v) is 27.9. The molecule has 4 amide bonds. The molecule has 1 aliphatic heterocycles. The first-order valence-electron chi connectivity index (χ1n) is 15.4. The number of aromatic nitrogens is 4. The van der Waals surface area contributed by atoms with Crippen LogP contribution in [0.1, 0.15) is 34.5 Å². The maximum absolute atomic E-state index is 12.9. The van der Waals surface area contributed by atoms with Gasteiger partial charge in [-0.1, -0.05) is 36.0 Å². The van der Waals surface area contributed by atoms with Crippen LogP contribution in [0.15, 0.2) is 54.7 Å². The number of carbonyl (C=O) groups is 5. The largest absolute Gasteiger partial charge is 0.488 e. The van der Waals surface area contributed by atoms with Crippen LogP contribution in [0.25, 0.3) is 11.2 Å². The van der Waals surface area contributed by atoms with Crippen LogP contribution in [-0.4, -0.2) is 102 Å². The number of anilines is 3. The summed E-state index contributed by atoms with van der Waals surface area (Å²) >= 11 is 1.02. The standard InChI is InChI=1S/C31H32BN9O9S/c1-40(21-8-4-18(5-9-21)27(43)36-22(28(44)45)10-11-23(42)41-12-13-51-31(41)47)15-20-14-34-25-24(35-20)26(38-29(33)37-25)39-30(46)50-16-17-2-6-19(7-3-17)32(48)49/h2-9,14,22,48-49H,10-13,15-16H2,1H3,(H,36,43)(H,44,45)(H3,33,34,37,38,39,46). The summed E-state index contributed by atoms with van der Waals surface area (Å²) in [6.45, 7) is 0.392. The Morgan fingerprint density at radius 3 is 2.45 bits per heavy atom. The van der Waals surface area contributed by atoms with E-state index in [2.05, 4.69) is 30.6 Å². The maximum Gasteiger partial charge on any atom is 0.488 e. The third-order valence-electron chi connectivity index (χ3n) is 7.62. The van der Waals surface area contributed by atoms with Crippen LogP contribution in [0, 0.1) is 0 Å². The number of hydrogen-bond donors (Lipinski definition) is 6. The minimum absolute atomic E-state index is 0.0267. The van der Waals surface area contributed by atoms with Crippen molar-refractivity contribution in [3.8, 4) is 0 Å². The second-order valence-electron chi connectivity index (χ2n) is 11.2. The number of ether oxygens (including phenoxy) is 1. The van der Waals surface area contributed by atoms with Gasteiger partial charge in [0, 0.05) is 37.0 Å². The lowest BCUT2D eigenvalue weighted by atomic mass is 9.80. The van der Waals surface area contributed by atoms with Gasteiger partial charge >= 0.3 is 19.2 Å². The van der Waals surface area contributed by atoms with Crippen LogP contribution >= 0.6 is 11.8 Å². The van der Waals surface area contributed by atoms with Gasteiger partial charge < -0.3 is 35.8 Å². The zero-order valence-electron chi connectivity index (χ0n) is 27.1. The number of thioether (sulfide) groups is 1. The van der Waals surface area contributed by atoms with E-state index in [1.165, 1.54) is 30.5 Å². The SMILES string of the molecule is CN(Cc1cnc2nc(N)nc(NC(=O)OCc3ccc(B(O)O)cc3)c2n1)c1ccc(C(=O)NC(CCC(=O)N2CCSC2=O)C(=O)O)cc1. The van der Waals surface area contributed by atoms with Crippen molar-refractivity contribution in [2.24, 2.45) is 0 Å². The van der Waals surface area contributed by atoms with Crippen molar-refractivity contribution < 1.29 is 43.9 Å². The fourth-order valence-electron chi connectivity index (χ4n) is 4.92. The molecule has 1 saturated heterocycles. The number of rotatable bonds is 13. The highest BCUT2D eigenvalue weighted by Gasteiger charge is 2.29. The summed E-state index contributed by atoms with van der Waals surface area (Å²) in [7, 11) is 0.155. The average molecular weight is 718 g/mol. The van der Waals surface area contributed by atoms with E-state index in [0.29, 0.717) is 22.7 Å².